The van der Waals surface area contributed by atoms with Gasteiger partial charge in [0.25, 0.3) is 0 Å². The molecule has 114 valence electrons. The van der Waals surface area contributed by atoms with Crippen LogP contribution in [-0.2, 0) is 0 Å². The van der Waals surface area contributed by atoms with Gasteiger partial charge in [-0.25, -0.2) is 4.98 Å². The number of hydrogen-bond donors (Lipinski definition) is 0. The molecule has 2 heterocycles. The lowest BCUT2D eigenvalue weighted by atomic mass is 10.2. The molecular formula is C16H21ClN2S2. The number of aromatic nitrogens is 1. The summed E-state index contributed by atoms with van der Waals surface area (Å²) in [5.74, 6) is 1.16. The van der Waals surface area contributed by atoms with Crippen LogP contribution in [0.5, 0.6) is 0 Å². The van der Waals surface area contributed by atoms with Gasteiger partial charge in [0.05, 0.1) is 10.2 Å². The number of benzene rings is 1. The topological polar surface area (TPSA) is 16.1 Å². The lowest BCUT2D eigenvalue weighted by Crippen LogP contribution is -2.26. The molecule has 0 atom stereocenters. The highest BCUT2D eigenvalue weighted by Crippen LogP contribution is 2.31. The lowest BCUT2D eigenvalue weighted by molar-refractivity contribution is 0.286. The first-order chi connectivity index (χ1) is 10.3. The Hall–Kier alpha value is -0.290. The minimum absolute atomic E-state index is 0.769. The molecule has 1 fully saturated rings. The van der Waals surface area contributed by atoms with E-state index >= 15 is 0 Å². The van der Waals surface area contributed by atoms with E-state index in [0.717, 1.165) is 16.3 Å². The molecule has 0 radical (unpaired) electrons. The van der Waals surface area contributed by atoms with E-state index in [0.29, 0.717) is 0 Å². The number of rotatable bonds is 5. The number of fused-ring (bicyclic) bond motifs is 1. The van der Waals surface area contributed by atoms with E-state index in [2.05, 4.69) is 16.0 Å². The van der Waals surface area contributed by atoms with Crippen molar-refractivity contribution in [2.75, 3.05) is 25.4 Å². The first kappa shape index (κ1) is 15.6. The third-order valence-electron chi connectivity index (χ3n) is 3.87. The molecule has 21 heavy (non-hydrogen) atoms. The van der Waals surface area contributed by atoms with E-state index in [-0.39, 0.29) is 0 Å². The van der Waals surface area contributed by atoms with Gasteiger partial charge < -0.3 is 4.90 Å². The molecule has 1 aromatic carbocycles. The van der Waals surface area contributed by atoms with Crippen molar-refractivity contribution in [3.63, 3.8) is 0 Å². The van der Waals surface area contributed by atoms with E-state index < -0.39 is 0 Å². The summed E-state index contributed by atoms with van der Waals surface area (Å²) in [6, 6.07) is 5.96. The molecule has 3 rings (SSSR count). The molecule has 2 aromatic rings. The van der Waals surface area contributed by atoms with E-state index in [1.54, 1.807) is 11.3 Å². The Kier molecular flexibility index (Phi) is 5.81. The normalized spacial score (nSPS) is 17.2. The van der Waals surface area contributed by atoms with Crippen LogP contribution in [0, 0.1) is 0 Å². The third-order valence-corrected chi connectivity index (χ3v) is 6.37. The molecule has 5 heteroatoms. The molecule has 0 N–H and O–H groups in total. The van der Waals surface area contributed by atoms with Crippen LogP contribution < -0.4 is 0 Å². The van der Waals surface area contributed by atoms with Gasteiger partial charge in [-0.3, -0.25) is 0 Å². The fourth-order valence-corrected chi connectivity index (χ4v) is 4.96. The van der Waals surface area contributed by atoms with E-state index in [9.17, 15) is 0 Å². The smallest absolute Gasteiger partial charge is 0.151 e. The van der Waals surface area contributed by atoms with Crippen LogP contribution in [0.4, 0.5) is 0 Å². The zero-order chi connectivity index (χ0) is 14.5. The minimum atomic E-state index is 0.769. The van der Waals surface area contributed by atoms with Crippen molar-refractivity contribution >= 4 is 44.9 Å². The number of thiazole rings is 1. The van der Waals surface area contributed by atoms with Gasteiger partial charge in [-0.15, -0.1) is 11.3 Å². The Morgan fingerprint density at radius 1 is 1.19 bits per heavy atom. The Bertz CT molecular complexity index is 577. The van der Waals surface area contributed by atoms with Gasteiger partial charge >= 0.3 is 0 Å². The van der Waals surface area contributed by atoms with Crippen LogP contribution in [0.15, 0.2) is 22.5 Å². The summed E-state index contributed by atoms with van der Waals surface area (Å²) >= 11 is 9.66. The van der Waals surface area contributed by atoms with E-state index in [1.807, 2.05) is 23.9 Å². The van der Waals surface area contributed by atoms with Crippen molar-refractivity contribution in [2.45, 2.75) is 36.4 Å². The summed E-state index contributed by atoms with van der Waals surface area (Å²) in [5.41, 5.74) is 1.03. The SMILES string of the molecule is Clc1ccc2sc(SCCCN3CCCCCC3)nc2c1. The molecule has 1 aliphatic heterocycles. The van der Waals surface area contributed by atoms with Crippen molar-refractivity contribution < 1.29 is 0 Å². The summed E-state index contributed by atoms with van der Waals surface area (Å²) in [6.07, 6.45) is 6.85. The highest BCUT2D eigenvalue weighted by molar-refractivity contribution is 8.01. The monoisotopic (exact) mass is 340 g/mol. The second-order valence-electron chi connectivity index (χ2n) is 5.55. The molecule has 0 spiro atoms. The van der Waals surface area contributed by atoms with Gasteiger partial charge in [-0.2, -0.15) is 0 Å². The van der Waals surface area contributed by atoms with Crippen molar-refractivity contribution in [1.29, 1.82) is 0 Å². The summed E-state index contributed by atoms with van der Waals surface area (Å²) in [5, 5.41) is 0.769. The van der Waals surface area contributed by atoms with Gasteiger partial charge in [-0.1, -0.05) is 36.2 Å². The molecule has 0 aliphatic carbocycles. The number of halogens is 1. The quantitative estimate of drug-likeness (QED) is 0.542. The van der Waals surface area contributed by atoms with Crippen LogP contribution in [0.2, 0.25) is 5.02 Å². The maximum Gasteiger partial charge on any atom is 0.151 e. The molecule has 1 saturated heterocycles. The molecule has 0 bridgehead atoms. The maximum atomic E-state index is 6.01. The Morgan fingerprint density at radius 3 is 2.81 bits per heavy atom. The summed E-state index contributed by atoms with van der Waals surface area (Å²) in [7, 11) is 0. The van der Waals surface area contributed by atoms with Crippen molar-refractivity contribution in [3.05, 3.63) is 23.2 Å². The second-order valence-corrected chi connectivity index (χ2v) is 8.36. The van der Waals surface area contributed by atoms with Crippen LogP contribution in [-0.4, -0.2) is 35.3 Å². The average Bonchev–Trinajstić information content (AvgIpc) is 2.69. The average molecular weight is 341 g/mol. The predicted octanol–water partition coefficient (Wildman–Crippen LogP) is 5.31. The molecule has 0 saturated carbocycles. The van der Waals surface area contributed by atoms with Crippen molar-refractivity contribution in [1.82, 2.24) is 9.88 Å². The molecule has 1 aliphatic rings. The molecular weight excluding hydrogens is 320 g/mol. The van der Waals surface area contributed by atoms with E-state index in [4.69, 9.17) is 11.6 Å². The van der Waals surface area contributed by atoms with Crippen LogP contribution >= 0.6 is 34.7 Å². The van der Waals surface area contributed by atoms with Crippen LogP contribution in [0.3, 0.4) is 0 Å². The van der Waals surface area contributed by atoms with Gasteiger partial charge in [0.2, 0.25) is 0 Å². The van der Waals surface area contributed by atoms with Crippen LogP contribution in [0.1, 0.15) is 32.1 Å². The number of likely N-dealkylation sites (tertiary alicyclic amines) is 1. The largest absolute Gasteiger partial charge is 0.303 e. The van der Waals surface area contributed by atoms with Gasteiger partial charge in [0, 0.05) is 10.8 Å². The Balaban J connectivity index is 1.45. The fourth-order valence-electron chi connectivity index (χ4n) is 2.75. The molecule has 2 nitrogen and oxygen atoms in total. The highest BCUT2D eigenvalue weighted by Gasteiger charge is 2.09. The second kappa shape index (κ2) is 7.82. The van der Waals surface area contributed by atoms with Gasteiger partial charge in [0.1, 0.15) is 0 Å². The maximum absolute atomic E-state index is 6.01. The molecule has 1 aromatic heterocycles. The number of thioether (sulfide) groups is 1. The predicted molar refractivity (Wildman–Crippen MR) is 94.9 cm³/mol. The van der Waals surface area contributed by atoms with Crippen molar-refractivity contribution in [3.8, 4) is 0 Å². The third kappa shape index (κ3) is 4.59. The number of hydrogen-bond acceptors (Lipinski definition) is 4. The van der Waals surface area contributed by atoms with Crippen LogP contribution in [0.25, 0.3) is 10.2 Å². The van der Waals surface area contributed by atoms with E-state index in [1.165, 1.54) is 60.8 Å². The first-order valence-corrected chi connectivity index (χ1v) is 9.90. The molecule has 0 amide bonds. The first-order valence-electron chi connectivity index (χ1n) is 7.72. The Labute approximate surface area is 139 Å². The zero-order valence-corrected chi connectivity index (χ0v) is 14.6. The van der Waals surface area contributed by atoms with Gasteiger partial charge in [-0.05, 0) is 57.1 Å². The summed E-state index contributed by atoms with van der Waals surface area (Å²) in [6.45, 7) is 3.83. The fraction of sp³-hybridized carbons (Fsp3) is 0.562. The standard InChI is InChI=1S/C16H21ClN2S2/c17-13-6-7-15-14(12-13)18-16(21-15)20-11-5-10-19-8-3-1-2-4-9-19/h6-7,12H,1-5,8-11H2. The summed E-state index contributed by atoms with van der Waals surface area (Å²) in [4.78, 5) is 7.29. The van der Waals surface area contributed by atoms with Crippen molar-refractivity contribution in [2.24, 2.45) is 0 Å². The lowest BCUT2D eigenvalue weighted by Gasteiger charge is -2.18. The molecule has 0 unspecified atom stereocenters. The minimum Gasteiger partial charge on any atom is -0.303 e. The zero-order valence-electron chi connectivity index (χ0n) is 12.2. The Morgan fingerprint density at radius 2 is 2.00 bits per heavy atom. The number of nitrogens with zero attached hydrogens (tertiary/aromatic N) is 2. The van der Waals surface area contributed by atoms with Gasteiger partial charge in [0.15, 0.2) is 4.34 Å². The highest BCUT2D eigenvalue weighted by atomic mass is 35.5. The summed E-state index contributed by atoms with van der Waals surface area (Å²) < 4.78 is 2.40.